The molecule has 4 nitrogen and oxygen atoms in total. The first-order valence-electron chi connectivity index (χ1n) is 5.56. The van der Waals surface area contributed by atoms with E-state index in [4.69, 9.17) is 0 Å². The quantitative estimate of drug-likeness (QED) is 0.849. The smallest absolute Gasteiger partial charge is 0.250 e. The van der Waals surface area contributed by atoms with Gasteiger partial charge in [-0.25, -0.2) is 13.1 Å². The number of nitrogens with one attached hydrogen (secondary N) is 2. The van der Waals surface area contributed by atoms with Gasteiger partial charge in [0.25, 0.3) is 0 Å². The largest absolute Gasteiger partial charge is 0.313 e. The molecule has 8 heteroatoms. The maximum absolute atomic E-state index is 11.9. The molecule has 104 valence electrons. The van der Waals surface area contributed by atoms with Crippen molar-refractivity contribution in [2.24, 2.45) is 0 Å². The van der Waals surface area contributed by atoms with Gasteiger partial charge >= 0.3 is 0 Å². The molecule has 1 unspecified atom stereocenters. The summed E-state index contributed by atoms with van der Waals surface area (Å²) in [6, 6.07) is 3.63. The van der Waals surface area contributed by atoms with Crippen molar-refractivity contribution in [1.29, 1.82) is 0 Å². The van der Waals surface area contributed by atoms with Gasteiger partial charge in [0, 0.05) is 12.6 Å². The normalized spacial score (nSPS) is 20.4. The summed E-state index contributed by atoms with van der Waals surface area (Å²) in [5.74, 6) is 0. The van der Waals surface area contributed by atoms with Crippen LogP contribution in [0.1, 0.15) is 19.3 Å². The molecule has 0 spiro atoms. The number of hydrogen-bond acceptors (Lipinski definition) is 4. The highest BCUT2D eigenvalue weighted by atomic mass is 79.9. The Morgan fingerprint density at radius 2 is 2.22 bits per heavy atom. The Morgan fingerprint density at radius 3 is 2.78 bits per heavy atom. The monoisotopic (exact) mass is 374 g/mol. The first kappa shape index (κ1) is 16.4. The van der Waals surface area contributed by atoms with Gasteiger partial charge in [-0.1, -0.05) is 6.42 Å². The molecular weight excluding hydrogens is 360 g/mol. The van der Waals surface area contributed by atoms with Gasteiger partial charge in [-0.3, -0.25) is 0 Å². The molecule has 0 aliphatic carbocycles. The Morgan fingerprint density at radius 1 is 1.44 bits per heavy atom. The van der Waals surface area contributed by atoms with Crippen molar-refractivity contribution < 1.29 is 8.42 Å². The van der Waals surface area contributed by atoms with Gasteiger partial charge in [-0.2, -0.15) is 0 Å². The van der Waals surface area contributed by atoms with E-state index < -0.39 is 10.0 Å². The maximum atomic E-state index is 11.9. The van der Waals surface area contributed by atoms with E-state index in [0.717, 1.165) is 16.8 Å². The summed E-state index contributed by atoms with van der Waals surface area (Å²) in [5, 5.41) is 3.32. The van der Waals surface area contributed by atoms with Gasteiger partial charge in [0.05, 0.1) is 3.79 Å². The van der Waals surface area contributed by atoms with E-state index in [-0.39, 0.29) is 18.4 Å². The summed E-state index contributed by atoms with van der Waals surface area (Å²) in [7, 11) is -3.34. The zero-order valence-electron chi connectivity index (χ0n) is 9.69. The Bertz CT molecular complexity index is 472. The van der Waals surface area contributed by atoms with Crippen LogP contribution in [0.3, 0.4) is 0 Å². The SMILES string of the molecule is Cl.O=S(=O)(NCC1CCCCN1)c1ccc(Br)s1. The van der Waals surface area contributed by atoms with Crippen molar-refractivity contribution in [2.75, 3.05) is 13.1 Å². The topological polar surface area (TPSA) is 58.2 Å². The van der Waals surface area contributed by atoms with Crippen molar-refractivity contribution in [3.63, 3.8) is 0 Å². The molecule has 2 heterocycles. The van der Waals surface area contributed by atoms with E-state index in [1.165, 1.54) is 24.2 Å². The molecule has 1 saturated heterocycles. The predicted octanol–water partition coefficient (Wildman–Crippen LogP) is 2.35. The first-order chi connectivity index (χ1) is 8.08. The van der Waals surface area contributed by atoms with E-state index in [1.54, 1.807) is 12.1 Å². The lowest BCUT2D eigenvalue weighted by molar-refractivity contribution is 0.398. The van der Waals surface area contributed by atoms with Crippen LogP contribution in [-0.2, 0) is 10.0 Å². The summed E-state index contributed by atoms with van der Waals surface area (Å²) in [6.07, 6.45) is 3.39. The Hall–Kier alpha value is 0.340. The second-order valence-corrected chi connectivity index (χ2v) is 8.51. The number of halogens is 2. The molecule has 1 aromatic rings. The number of hydrogen-bond donors (Lipinski definition) is 2. The van der Waals surface area contributed by atoms with Crippen LogP contribution in [0.25, 0.3) is 0 Å². The maximum Gasteiger partial charge on any atom is 0.250 e. The third kappa shape index (κ3) is 4.47. The van der Waals surface area contributed by atoms with E-state index >= 15 is 0 Å². The molecule has 0 amide bonds. The molecule has 2 N–H and O–H groups in total. The van der Waals surface area contributed by atoms with Crippen LogP contribution in [0, 0.1) is 0 Å². The average molecular weight is 376 g/mol. The summed E-state index contributed by atoms with van der Waals surface area (Å²) in [4.78, 5) is 0. The standard InChI is InChI=1S/C10H15BrN2O2S2.ClH/c11-9-4-5-10(16-9)17(14,15)13-7-8-3-1-2-6-12-8;/h4-5,8,12-13H,1-3,6-7H2;1H. The van der Waals surface area contributed by atoms with Crippen LogP contribution in [0.5, 0.6) is 0 Å². The van der Waals surface area contributed by atoms with Gasteiger partial charge in [-0.05, 0) is 47.4 Å². The number of thiophene rings is 1. The van der Waals surface area contributed by atoms with Crippen LogP contribution in [0.15, 0.2) is 20.1 Å². The fourth-order valence-corrected chi connectivity index (χ4v) is 4.96. The van der Waals surface area contributed by atoms with Gasteiger partial charge in [0.15, 0.2) is 0 Å². The zero-order chi connectivity index (χ0) is 12.3. The average Bonchev–Trinajstić information content (AvgIpc) is 2.76. The minimum Gasteiger partial charge on any atom is -0.313 e. The van der Waals surface area contributed by atoms with Crippen LogP contribution in [-0.4, -0.2) is 27.5 Å². The van der Waals surface area contributed by atoms with Gasteiger partial charge < -0.3 is 5.32 Å². The van der Waals surface area contributed by atoms with Crippen molar-refractivity contribution in [1.82, 2.24) is 10.0 Å². The minimum absolute atomic E-state index is 0. The number of rotatable bonds is 4. The molecule has 0 bridgehead atoms. The van der Waals surface area contributed by atoms with E-state index in [9.17, 15) is 8.42 Å². The molecule has 0 aromatic carbocycles. The molecule has 2 rings (SSSR count). The Labute approximate surface area is 126 Å². The zero-order valence-corrected chi connectivity index (χ0v) is 13.7. The molecular formula is C10H16BrClN2O2S2. The Kier molecular flexibility index (Phi) is 6.57. The van der Waals surface area contributed by atoms with Gasteiger partial charge in [0.2, 0.25) is 10.0 Å². The molecule has 1 aliphatic heterocycles. The van der Waals surface area contributed by atoms with Crippen LogP contribution in [0.2, 0.25) is 0 Å². The Balaban J connectivity index is 0.00000162. The lowest BCUT2D eigenvalue weighted by atomic mass is 10.1. The van der Waals surface area contributed by atoms with Crippen molar-refractivity contribution in [3.8, 4) is 0 Å². The predicted molar refractivity (Wildman–Crippen MR) is 80.1 cm³/mol. The summed E-state index contributed by atoms with van der Waals surface area (Å²) in [5.41, 5.74) is 0. The summed E-state index contributed by atoms with van der Waals surface area (Å²) in [6.45, 7) is 1.45. The third-order valence-electron chi connectivity index (χ3n) is 2.75. The molecule has 1 aromatic heterocycles. The summed E-state index contributed by atoms with van der Waals surface area (Å²) >= 11 is 4.49. The van der Waals surface area contributed by atoms with Gasteiger partial charge in [-0.15, -0.1) is 23.7 Å². The second kappa shape index (κ2) is 7.21. The molecule has 0 saturated carbocycles. The first-order valence-corrected chi connectivity index (χ1v) is 8.65. The summed E-state index contributed by atoms with van der Waals surface area (Å²) < 4.78 is 27.7. The van der Waals surface area contributed by atoms with E-state index in [2.05, 4.69) is 26.0 Å². The molecule has 1 atom stereocenters. The third-order valence-corrected chi connectivity index (χ3v) is 6.28. The van der Waals surface area contributed by atoms with Crippen LogP contribution in [0.4, 0.5) is 0 Å². The molecule has 1 fully saturated rings. The van der Waals surface area contributed by atoms with Crippen molar-refractivity contribution in [3.05, 3.63) is 15.9 Å². The van der Waals surface area contributed by atoms with E-state index in [0.29, 0.717) is 10.8 Å². The van der Waals surface area contributed by atoms with Gasteiger partial charge in [0.1, 0.15) is 4.21 Å². The highest BCUT2D eigenvalue weighted by Crippen LogP contribution is 2.25. The lowest BCUT2D eigenvalue weighted by Crippen LogP contribution is -2.43. The van der Waals surface area contributed by atoms with Crippen molar-refractivity contribution >= 4 is 49.7 Å². The second-order valence-electron chi connectivity index (χ2n) is 4.06. The highest BCUT2D eigenvalue weighted by Gasteiger charge is 2.19. The van der Waals surface area contributed by atoms with Crippen LogP contribution < -0.4 is 10.0 Å². The fraction of sp³-hybridized carbons (Fsp3) is 0.600. The number of sulfonamides is 1. The molecule has 18 heavy (non-hydrogen) atoms. The van der Waals surface area contributed by atoms with Crippen LogP contribution >= 0.6 is 39.7 Å². The number of piperidine rings is 1. The van der Waals surface area contributed by atoms with Crippen molar-refractivity contribution in [2.45, 2.75) is 29.5 Å². The molecule has 0 radical (unpaired) electrons. The fourth-order valence-electron chi connectivity index (χ4n) is 1.82. The highest BCUT2D eigenvalue weighted by molar-refractivity contribution is 9.11. The van der Waals surface area contributed by atoms with E-state index in [1.807, 2.05) is 0 Å². The lowest BCUT2D eigenvalue weighted by Gasteiger charge is -2.23. The minimum atomic E-state index is -3.34. The molecule has 1 aliphatic rings.